The molecule has 7 heteroatoms. The molecule has 2 unspecified atom stereocenters. The van der Waals surface area contributed by atoms with Crippen molar-refractivity contribution in [3.8, 4) is 0 Å². The van der Waals surface area contributed by atoms with E-state index in [2.05, 4.69) is 27.4 Å². The average molecular weight is 415 g/mol. The van der Waals surface area contributed by atoms with Gasteiger partial charge in [-0.3, -0.25) is 0 Å². The summed E-state index contributed by atoms with van der Waals surface area (Å²) in [7, 11) is -2.79. The third-order valence-electron chi connectivity index (χ3n) is 5.72. The van der Waals surface area contributed by atoms with Crippen molar-refractivity contribution in [1.29, 1.82) is 0 Å². The average Bonchev–Trinajstić information content (AvgIpc) is 2.62. The fourth-order valence-corrected chi connectivity index (χ4v) is 7.57. The van der Waals surface area contributed by atoms with Crippen LogP contribution in [0.15, 0.2) is 12.7 Å². The van der Waals surface area contributed by atoms with Gasteiger partial charge in [0.25, 0.3) is 0 Å². The molecule has 0 N–H and O–H groups in total. The lowest BCUT2D eigenvalue weighted by molar-refractivity contribution is -0.935. The Bertz CT molecular complexity index is 483. The summed E-state index contributed by atoms with van der Waals surface area (Å²) in [5.74, 6) is -0.383. The Labute approximate surface area is 172 Å². The molecule has 3 aliphatic heterocycles. The number of hydrogen-bond acceptors (Lipinski definition) is 5. The minimum absolute atomic E-state index is 0.182. The molecule has 0 amide bonds. The zero-order valence-corrected chi connectivity index (χ0v) is 19.1. The molecule has 28 heavy (non-hydrogen) atoms. The summed E-state index contributed by atoms with van der Waals surface area (Å²) < 4.78 is 26.0. The van der Waals surface area contributed by atoms with Gasteiger partial charge in [-0.1, -0.05) is 40.2 Å². The van der Waals surface area contributed by atoms with Gasteiger partial charge in [-0.15, -0.1) is 0 Å². The summed E-state index contributed by atoms with van der Waals surface area (Å²) in [5, 5.41) is 0. The SMILES string of the molecule is C=CC(=O)OCCC[Si]12OCC[N+](CCC)(CC(CCC)O1)CC(CCC)O2. The summed E-state index contributed by atoms with van der Waals surface area (Å²) in [6.45, 7) is 15.5. The highest BCUT2D eigenvalue weighted by atomic mass is 28.4. The Morgan fingerprint density at radius 2 is 1.79 bits per heavy atom. The van der Waals surface area contributed by atoms with Gasteiger partial charge in [0.15, 0.2) is 0 Å². The van der Waals surface area contributed by atoms with Crippen LogP contribution in [0.3, 0.4) is 0 Å². The van der Waals surface area contributed by atoms with Crippen LogP contribution in [0, 0.1) is 0 Å². The van der Waals surface area contributed by atoms with Crippen LogP contribution in [-0.2, 0) is 22.8 Å². The second-order valence-electron chi connectivity index (χ2n) is 8.22. The number of carbonyl (C=O) groups excluding carboxylic acids is 1. The van der Waals surface area contributed by atoms with Crippen LogP contribution in [0.5, 0.6) is 0 Å². The third-order valence-corrected chi connectivity index (χ3v) is 8.71. The third kappa shape index (κ3) is 6.66. The number of rotatable bonds is 11. The molecule has 0 spiro atoms. The van der Waals surface area contributed by atoms with Crippen molar-refractivity contribution in [3.63, 3.8) is 0 Å². The molecule has 0 aliphatic carbocycles. The molecular weight excluding hydrogens is 374 g/mol. The lowest BCUT2D eigenvalue weighted by Crippen LogP contribution is -2.67. The quantitative estimate of drug-likeness (QED) is 0.170. The Morgan fingerprint density at radius 3 is 2.32 bits per heavy atom. The summed E-state index contributed by atoms with van der Waals surface area (Å²) in [6.07, 6.45) is 7.68. The van der Waals surface area contributed by atoms with Crippen molar-refractivity contribution >= 4 is 14.8 Å². The van der Waals surface area contributed by atoms with Crippen LogP contribution in [0.4, 0.5) is 0 Å². The number of esters is 1. The van der Waals surface area contributed by atoms with Gasteiger partial charge in [0.2, 0.25) is 0 Å². The first-order valence-corrected chi connectivity index (χ1v) is 13.1. The molecule has 0 aromatic carbocycles. The summed E-state index contributed by atoms with van der Waals surface area (Å²) in [6, 6.07) is 0.700. The van der Waals surface area contributed by atoms with Crippen LogP contribution >= 0.6 is 0 Å². The smallest absolute Gasteiger partial charge is 0.463 e. The van der Waals surface area contributed by atoms with E-state index in [9.17, 15) is 4.79 Å². The monoisotopic (exact) mass is 414 g/mol. The second-order valence-corrected chi connectivity index (χ2v) is 10.8. The molecule has 3 fully saturated rings. The molecule has 0 radical (unpaired) electrons. The minimum Gasteiger partial charge on any atom is -0.463 e. The van der Waals surface area contributed by atoms with E-state index in [0.29, 0.717) is 25.7 Å². The van der Waals surface area contributed by atoms with Crippen molar-refractivity contribution in [1.82, 2.24) is 0 Å². The zero-order valence-electron chi connectivity index (χ0n) is 18.1. The first kappa shape index (κ1) is 23.5. The maximum absolute atomic E-state index is 11.3. The van der Waals surface area contributed by atoms with E-state index < -0.39 is 8.80 Å². The molecule has 3 aliphatic rings. The number of nitrogens with zero attached hydrogens (tertiary/aromatic N) is 1. The van der Waals surface area contributed by atoms with Gasteiger partial charge < -0.3 is 22.5 Å². The molecule has 3 saturated heterocycles. The first-order valence-electron chi connectivity index (χ1n) is 11.1. The highest BCUT2D eigenvalue weighted by Gasteiger charge is 2.52. The number of fused-ring (bicyclic) bond motifs is 6. The Balaban J connectivity index is 2.17. The lowest BCUT2D eigenvalue weighted by atomic mass is 10.1. The maximum atomic E-state index is 11.3. The largest absolute Gasteiger partial charge is 0.502 e. The highest BCUT2D eigenvalue weighted by molar-refractivity contribution is 6.60. The van der Waals surface area contributed by atoms with Gasteiger partial charge in [0.05, 0.1) is 32.0 Å². The molecule has 6 nitrogen and oxygen atoms in total. The predicted molar refractivity (Wildman–Crippen MR) is 112 cm³/mol. The maximum Gasteiger partial charge on any atom is 0.502 e. The highest BCUT2D eigenvalue weighted by Crippen LogP contribution is 2.32. The van der Waals surface area contributed by atoms with Crippen LogP contribution in [-0.4, -0.2) is 70.9 Å². The number of hydrogen-bond donors (Lipinski definition) is 0. The molecule has 162 valence electrons. The van der Waals surface area contributed by atoms with Crippen molar-refractivity contribution in [2.75, 3.05) is 39.4 Å². The summed E-state index contributed by atoms with van der Waals surface area (Å²) >= 11 is 0. The van der Waals surface area contributed by atoms with Gasteiger partial charge in [0.1, 0.15) is 19.6 Å². The Kier molecular flexibility index (Phi) is 9.63. The van der Waals surface area contributed by atoms with Crippen molar-refractivity contribution in [2.45, 2.75) is 77.5 Å². The molecule has 3 rings (SSSR count). The Hall–Kier alpha value is -0.733. The van der Waals surface area contributed by atoms with E-state index in [1.165, 1.54) is 6.08 Å². The van der Waals surface area contributed by atoms with Crippen molar-refractivity contribution < 1.29 is 27.3 Å². The number of quaternary nitrogens is 1. The van der Waals surface area contributed by atoms with E-state index in [0.717, 1.165) is 62.8 Å². The number of ether oxygens (including phenoxy) is 1. The molecule has 2 bridgehead atoms. The molecule has 0 aromatic rings. The van der Waals surface area contributed by atoms with Crippen LogP contribution < -0.4 is 0 Å². The second kappa shape index (κ2) is 11.5. The van der Waals surface area contributed by atoms with Gasteiger partial charge in [-0.25, -0.2) is 4.79 Å². The van der Waals surface area contributed by atoms with Gasteiger partial charge in [-0.05, 0) is 25.7 Å². The Morgan fingerprint density at radius 1 is 1.14 bits per heavy atom. The van der Waals surface area contributed by atoms with Gasteiger partial charge >= 0.3 is 14.8 Å². The molecule has 0 saturated carbocycles. The van der Waals surface area contributed by atoms with Crippen molar-refractivity contribution in [3.05, 3.63) is 12.7 Å². The fraction of sp³-hybridized carbons (Fsp3) is 0.857. The normalized spacial score (nSPS) is 33.0. The standard InChI is InChI=1S/C21H40NO5Si/c1-5-10-19-17-22(12-7-3)13-15-25-28(26-19,27-20(18-22)11-6-2)16-9-14-24-21(23)8-4/h8,19-20H,4-7,9-18H2,1-3H3/q+1. The van der Waals surface area contributed by atoms with E-state index >= 15 is 0 Å². The first-order chi connectivity index (χ1) is 13.5. The van der Waals surface area contributed by atoms with Crippen LogP contribution in [0.2, 0.25) is 6.04 Å². The van der Waals surface area contributed by atoms with Gasteiger partial charge in [0, 0.05) is 12.1 Å². The van der Waals surface area contributed by atoms with E-state index in [4.69, 9.17) is 18.0 Å². The van der Waals surface area contributed by atoms with E-state index in [1.807, 2.05) is 0 Å². The van der Waals surface area contributed by atoms with E-state index in [1.54, 1.807) is 0 Å². The van der Waals surface area contributed by atoms with Crippen LogP contribution in [0.25, 0.3) is 0 Å². The summed E-state index contributed by atoms with van der Waals surface area (Å²) in [5.41, 5.74) is 0. The molecular formula is C21H40NO5Si+. The topological polar surface area (TPSA) is 54.0 Å². The lowest BCUT2D eigenvalue weighted by Gasteiger charge is -2.50. The van der Waals surface area contributed by atoms with Crippen molar-refractivity contribution in [2.24, 2.45) is 0 Å². The zero-order chi connectivity index (χ0) is 20.5. The molecule has 0 aromatic heterocycles. The number of carbonyl (C=O) groups is 1. The minimum atomic E-state index is -2.79. The van der Waals surface area contributed by atoms with E-state index in [-0.39, 0.29) is 18.2 Å². The molecule has 2 atom stereocenters. The fourth-order valence-electron chi connectivity index (χ4n) is 4.62. The predicted octanol–water partition coefficient (Wildman–Crippen LogP) is 3.69. The summed E-state index contributed by atoms with van der Waals surface area (Å²) in [4.78, 5) is 11.3. The van der Waals surface area contributed by atoms with Gasteiger partial charge in [-0.2, -0.15) is 0 Å². The molecule has 3 heterocycles. The van der Waals surface area contributed by atoms with Crippen LogP contribution in [0.1, 0.15) is 59.3 Å².